The first-order chi connectivity index (χ1) is 6.18. The molecule has 2 N–H and O–H groups in total. The van der Waals surface area contributed by atoms with Crippen LogP contribution >= 0.6 is 0 Å². The van der Waals surface area contributed by atoms with Gasteiger partial charge in [-0.25, -0.2) is 4.79 Å². The van der Waals surface area contributed by atoms with E-state index in [0.29, 0.717) is 0 Å². The van der Waals surface area contributed by atoms with Crippen LogP contribution in [0.25, 0.3) is 0 Å². The molecule has 1 saturated carbocycles. The van der Waals surface area contributed by atoms with Crippen LogP contribution in [0.5, 0.6) is 0 Å². The molecule has 0 aromatic heterocycles. The first kappa shape index (κ1) is 9.77. The van der Waals surface area contributed by atoms with Crippen LogP contribution in [0.2, 0.25) is 0 Å². The fraction of sp³-hybridized carbons (Fsp3) is 0.556. The maximum Gasteiger partial charge on any atom is 0.328 e. The first-order valence-corrected chi connectivity index (χ1v) is 4.40. The highest BCUT2D eigenvalue weighted by Crippen LogP contribution is 2.17. The second-order valence-electron chi connectivity index (χ2n) is 3.16. The highest BCUT2D eigenvalue weighted by Gasteiger charge is 2.15. The van der Waals surface area contributed by atoms with Gasteiger partial charge in [0.25, 0.3) is 0 Å². The lowest BCUT2D eigenvalue weighted by atomic mass is 10.2. The lowest BCUT2D eigenvalue weighted by Gasteiger charge is -2.08. The monoisotopic (exact) mass is 183 g/mol. The van der Waals surface area contributed by atoms with E-state index in [1.165, 1.54) is 0 Å². The van der Waals surface area contributed by atoms with E-state index in [0.717, 1.165) is 37.8 Å². The molecule has 0 radical (unpaired) electrons. The van der Waals surface area contributed by atoms with Crippen LogP contribution in [0.4, 0.5) is 0 Å². The van der Waals surface area contributed by atoms with Gasteiger partial charge in [0.2, 0.25) is 5.91 Å². The Hall–Kier alpha value is -1.32. The highest BCUT2D eigenvalue weighted by molar-refractivity contribution is 5.93. The minimum atomic E-state index is -1.10. The van der Waals surface area contributed by atoms with Crippen molar-refractivity contribution >= 4 is 11.9 Å². The molecule has 0 heterocycles. The van der Waals surface area contributed by atoms with Gasteiger partial charge < -0.3 is 10.4 Å². The van der Waals surface area contributed by atoms with Gasteiger partial charge in [-0.05, 0) is 12.8 Å². The molecular formula is C9H13NO3. The summed E-state index contributed by atoms with van der Waals surface area (Å²) < 4.78 is 0. The van der Waals surface area contributed by atoms with Crippen LogP contribution < -0.4 is 5.32 Å². The zero-order valence-corrected chi connectivity index (χ0v) is 7.32. The number of aliphatic carboxylic acids is 1. The number of carbonyl (C=O) groups is 2. The summed E-state index contributed by atoms with van der Waals surface area (Å²) in [6, 6.07) is 0.242. The van der Waals surface area contributed by atoms with E-state index < -0.39 is 5.97 Å². The third kappa shape index (κ3) is 3.73. The summed E-state index contributed by atoms with van der Waals surface area (Å²) in [6.07, 6.45) is 6.21. The number of amides is 1. The van der Waals surface area contributed by atoms with Crippen LogP contribution in [0.1, 0.15) is 25.7 Å². The van der Waals surface area contributed by atoms with Gasteiger partial charge in [0.1, 0.15) is 0 Å². The number of nitrogens with one attached hydrogen (secondary N) is 1. The molecular weight excluding hydrogens is 170 g/mol. The molecule has 0 atom stereocenters. The molecule has 0 spiro atoms. The van der Waals surface area contributed by atoms with Crippen molar-refractivity contribution in [3.05, 3.63) is 12.2 Å². The molecule has 1 amide bonds. The Bertz CT molecular complexity index is 229. The second kappa shape index (κ2) is 4.64. The van der Waals surface area contributed by atoms with Crippen molar-refractivity contribution in [2.75, 3.05) is 0 Å². The number of carboxylic acids is 1. The Kier molecular flexibility index (Phi) is 3.49. The fourth-order valence-corrected chi connectivity index (χ4v) is 1.47. The van der Waals surface area contributed by atoms with Gasteiger partial charge in [0, 0.05) is 18.2 Å². The average molecular weight is 183 g/mol. The summed E-state index contributed by atoms with van der Waals surface area (Å²) in [7, 11) is 0. The summed E-state index contributed by atoms with van der Waals surface area (Å²) in [5.74, 6) is -1.41. The van der Waals surface area contributed by atoms with E-state index in [2.05, 4.69) is 5.32 Å². The average Bonchev–Trinajstić information content (AvgIpc) is 2.53. The maximum atomic E-state index is 11.0. The Morgan fingerprint density at radius 2 is 1.85 bits per heavy atom. The van der Waals surface area contributed by atoms with E-state index in [4.69, 9.17) is 5.11 Å². The minimum Gasteiger partial charge on any atom is -0.478 e. The summed E-state index contributed by atoms with van der Waals surface area (Å²) in [6.45, 7) is 0. The quantitative estimate of drug-likeness (QED) is 0.632. The molecule has 4 nitrogen and oxygen atoms in total. The zero-order valence-electron chi connectivity index (χ0n) is 7.32. The Labute approximate surface area is 76.6 Å². The van der Waals surface area contributed by atoms with Gasteiger partial charge in [-0.15, -0.1) is 0 Å². The summed E-state index contributed by atoms with van der Waals surface area (Å²) in [4.78, 5) is 21.1. The van der Waals surface area contributed by atoms with Crippen LogP contribution in [0.3, 0.4) is 0 Å². The van der Waals surface area contributed by atoms with Crippen molar-refractivity contribution in [1.82, 2.24) is 5.32 Å². The molecule has 0 saturated heterocycles. The van der Waals surface area contributed by atoms with Crippen LogP contribution in [-0.2, 0) is 9.59 Å². The third-order valence-electron chi connectivity index (χ3n) is 2.08. The highest BCUT2D eigenvalue weighted by atomic mass is 16.4. The fourth-order valence-electron chi connectivity index (χ4n) is 1.47. The molecule has 1 fully saturated rings. The first-order valence-electron chi connectivity index (χ1n) is 4.40. The lowest BCUT2D eigenvalue weighted by Crippen LogP contribution is -2.31. The van der Waals surface area contributed by atoms with Gasteiger partial charge in [-0.1, -0.05) is 12.8 Å². The Morgan fingerprint density at radius 3 is 2.38 bits per heavy atom. The van der Waals surface area contributed by atoms with Crippen molar-refractivity contribution < 1.29 is 14.7 Å². The number of carbonyl (C=O) groups excluding carboxylic acids is 1. The van der Waals surface area contributed by atoms with Crippen LogP contribution in [-0.4, -0.2) is 23.0 Å². The molecule has 13 heavy (non-hydrogen) atoms. The van der Waals surface area contributed by atoms with E-state index in [1.807, 2.05) is 0 Å². The molecule has 0 unspecified atom stereocenters. The Morgan fingerprint density at radius 1 is 1.23 bits per heavy atom. The molecule has 0 aromatic carbocycles. The molecule has 72 valence electrons. The van der Waals surface area contributed by atoms with Crippen molar-refractivity contribution in [2.45, 2.75) is 31.7 Å². The van der Waals surface area contributed by atoms with Gasteiger partial charge in [0.15, 0.2) is 0 Å². The molecule has 0 aliphatic heterocycles. The van der Waals surface area contributed by atoms with E-state index in [1.54, 1.807) is 0 Å². The SMILES string of the molecule is O=C(O)C=CC(=O)NC1CCCC1. The standard InChI is InChI=1S/C9H13NO3/c11-8(5-6-9(12)13)10-7-3-1-2-4-7/h5-7H,1-4H2,(H,10,11)(H,12,13). The second-order valence-corrected chi connectivity index (χ2v) is 3.16. The number of hydrogen-bond donors (Lipinski definition) is 2. The molecule has 0 bridgehead atoms. The molecule has 1 rings (SSSR count). The molecule has 0 aromatic rings. The predicted octanol–water partition coefficient (Wildman–Crippen LogP) is 0.686. The largest absolute Gasteiger partial charge is 0.478 e. The number of carboxylic acid groups (broad SMARTS) is 1. The van der Waals surface area contributed by atoms with Crippen molar-refractivity contribution in [3.8, 4) is 0 Å². The number of hydrogen-bond acceptors (Lipinski definition) is 2. The van der Waals surface area contributed by atoms with E-state index in [9.17, 15) is 9.59 Å². The van der Waals surface area contributed by atoms with Crippen LogP contribution in [0.15, 0.2) is 12.2 Å². The number of rotatable bonds is 3. The van der Waals surface area contributed by atoms with Crippen LogP contribution in [0, 0.1) is 0 Å². The van der Waals surface area contributed by atoms with Crippen molar-refractivity contribution in [3.63, 3.8) is 0 Å². The normalized spacial score (nSPS) is 17.8. The molecule has 1 aliphatic rings. The zero-order chi connectivity index (χ0) is 9.68. The molecule has 1 aliphatic carbocycles. The Balaban J connectivity index is 2.28. The smallest absolute Gasteiger partial charge is 0.328 e. The van der Waals surface area contributed by atoms with Crippen molar-refractivity contribution in [2.24, 2.45) is 0 Å². The summed E-state index contributed by atoms with van der Waals surface area (Å²) in [5, 5.41) is 11.0. The predicted molar refractivity (Wildman–Crippen MR) is 47.2 cm³/mol. The van der Waals surface area contributed by atoms with E-state index in [-0.39, 0.29) is 11.9 Å². The maximum absolute atomic E-state index is 11.0. The van der Waals surface area contributed by atoms with Gasteiger partial charge in [-0.3, -0.25) is 4.79 Å². The van der Waals surface area contributed by atoms with Gasteiger partial charge >= 0.3 is 5.97 Å². The van der Waals surface area contributed by atoms with E-state index >= 15 is 0 Å². The topological polar surface area (TPSA) is 66.4 Å². The summed E-state index contributed by atoms with van der Waals surface area (Å²) in [5.41, 5.74) is 0. The van der Waals surface area contributed by atoms with Gasteiger partial charge in [-0.2, -0.15) is 0 Å². The lowest BCUT2D eigenvalue weighted by molar-refractivity contribution is -0.131. The van der Waals surface area contributed by atoms with Gasteiger partial charge in [0.05, 0.1) is 0 Å². The minimum absolute atomic E-state index is 0.242. The summed E-state index contributed by atoms with van der Waals surface area (Å²) >= 11 is 0. The third-order valence-corrected chi connectivity index (χ3v) is 2.08. The molecule has 4 heteroatoms. The van der Waals surface area contributed by atoms with Crippen molar-refractivity contribution in [1.29, 1.82) is 0 Å².